The van der Waals surface area contributed by atoms with Gasteiger partial charge >= 0.3 is 6.36 Å². The van der Waals surface area contributed by atoms with Gasteiger partial charge in [0, 0.05) is 5.56 Å². The van der Waals surface area contributed by atoms with Gasteiger partial charge in [0.15, 0.2) is 0 Å². The molecule has 0 saturated heterocycles. The first kappa shape index (κ1) is 14.8. The number of rotatable bonds is 3. The van der Waals surface area contributed by atoms with Crippen molar-refractivity contribution < 1.29 is 27.1 Å². The van der Waals surface area contributed by atoms with Crippen LogP contribution in [0.4, 0.5) is 17.6 Å². The summed E-state index contributed by atoms with van der Waals surface area (Å²) in [5, 5.41) is 0. The highest BCUT2D eigenvalue weighted by Gasteiger charge is 2.32. The minimum Gasteiger partial charge on any atom is -0.405 e. The minimum absolute atomic E-state index is 0.0461. The van der Waals surface area contributed by atoms with Crippen molar-refractivity contribution in [3.8, 4) is 16.9 Å². The van der Waals surface area contributed by atoms with E-state index >= 15 is 0 Å². The van der Waals surface area contributed by atoms with Crippen LogP contribution in [0.1, 0.15) is 10.4 Å². The summed E-state index contributed by atoms with van der Waals surface area (Å²) in [5.74, 6) is -2.34. The number of primary amides is 1. The third-order valence-corrected chi connectivity index (χ3v) is 2.66. The van der Waals surface area contributed by atoms with Gasteiger partial charge in [-0.3, -0.25) is 4.79 Å². The zero-order chi connectivity index (χ0) is 15.6. The summed E-state index contributed by atoms with van der Waals surface area (Å²) in [5.41, 5.74) is 4.81. The maximum atomic E-state index is 13.7. The normalized spacial score (nSPS) is 11.2. The molecular weight excluding hydrogens is 290 g/mol. The summed E-state index contributed by atoms with van der Waals surface area (Å²) >= 11 is 0. The molecule has 0 heterocycles. The molecule has 0 aliphatic heterocycles. The van der Waals surface area contributed by atoms with E-state index in [9.17, 15) is 22.4 Å². The predicted octanol–water partition coefficient (Wildman–Crippen LogP) is 3.49. The Morgan fingerprint density at radius 2 is 1.76 bits per heavy atom. The van der Waals surface area contributed by atoms with Gasteiger partial charge in [0.1, 0.15) is 11.6 Å². The maximum Gasteiger partial charge on any atom is 0.573 e. The highest BCUT2D eigenvalue weighted by molar-refractivity contribution is 5.93. The fourth-order valence-corrected chi connectivity index (χ4v) is 1.80. The number of hydrogen-bond donors (Lipinski definition) is 1. The zero-order valence-corrected chi connectivity index (χ0v) is 10.4. The average molecular weight is 299 g/mol. The van der Waals surface area contributed by atoms with Crippen molar-refractivity contribution in [2.24, 2.45) is 5.73 Å². The van der Waals surface area contributed by atoms with Crippen LogP contribution in [0.15, 0.2) is 42.5 Å². The molecule has 2 aromatic rings. The third-order valence-electron chi connectivity index (χ3n) is 2.66. The van der Waals surface area contributed by atoms with E-state index in [1.165, 1.54) is 24.3 Å². The Balaban J connectivity index is 2.47. The molecule has 0 aliphatic carbocycles. The van der Waals surface area contributed by atoms with E-state index in [1.54, 1.807) is 0 Å². The summed E-state index contributed by atoms with van der Waals surface area (Å²) in [6.07, 6.45) is -4.86. The van der Waals surface area contributed by atoms with Crippen molar-refractivity contribution >= 4 is 5.91 Å². The molecule has 3 nitrogen and oxygen atoms in total. The summed E-state index contributed by atoms with van der Waals surface area (Å²) in [4.78, 5) is 10.9. The monoisotopic (exact) mass is 299 g/mol. The molecule has 7 heteroatoms. The number of benzene rings is 2. The first-order valence-electron chi connectivity index (χ1n) is 5.72. The number of alkyl halides is 3. The van der Waals surface area contributed by atoms with Gasteiger partial charge in [-0.05, 0) is 23.8 Å². The smallest absolute Gasteiger partial charge is 0.405 e. The number of halogens is 4. The summed E-state index contributed by atoms with van der Waals surface area (Å²) in [7, 11) is 0. The van der Waals surface area contributed by atoms with Gasteiger partial charge in [0.05, 0.1) is 5.56 Å². The van der Waals surface area contributed by atoms with Crippen molar-refractivity contribution in [3.63, 3.8) is 0 Å². The van der Waals surface area contributed by atoms with E-state index < -0.39 is 23.8 Å². The summed E-state index contributed by atoms with van der Waals surface area (Å²) in [6, 6.07) is 8.64. The number of ether oxygens (including phenoxy) is 1. The SMILES string of the molecule is NC(=O)c1ccc(-c2ccccc2OC(F)(F)F)cc1F. The predicted molar refractivity (Wildman–Crippen MR) is 67.0 cm³/mol. The molecule has 110 valence electrons. The van der Waals surface area contributed by atoms with Gasteiger partial charge in [-0.25, -0.2) is 4.39 Å². The van der Waals surface area contributed by atoms with Gasteiger partial charge < -0.3 is 10.5 Å². The fourth-order valence-electron chi connectivity index (χ4n) is 1.80. The van der Waals surface area contributed by atoms with E-state index in [1.807, 2.05) is 0 Å². The molecule has 21 heavy (non-hydrogen) atoms. The fraction of sp³-hybridized carbons (Fsp3) is 0.0714. The molecule has 0 unspecified atom stereocenters. The first-order chi connectivity index (χ1) is 9.78. The van der Waals surface area contributed by atoms with Crippen LogP contribution >= 0.6 is 0 Å². The van der Waals surface area contributed by atoms with E-state index in [0.29, 0.717) is 0 Å². The second-order valence-corrected chi connectivity index (χ2v) is 4.10. The molecule has 1 amide bonds. The van der Waals surface area contributed by atoms with Crippen LogP contribution in [-0.4, -0.2) is 12.3 Å². The van der Waals surface area contributed by atoms with Gasteiger partial charge in [-0.2, -0.15) is 0 Å². The van der Waals surface area contributed by atoms with Gasteiger partial charge in [-0.1, -0.05) is 24.3 Å². The lowest BCUT2D eigenvalue weighted by Gasteiger charge is -2.13. The Labute approximate surface area is 116 Å². The Kier molecular flexibility index (Phi) is 3.84. The minimum atomic E-state index is -4.86. The molecule has 2 rings (SSSR count). The van der Waals surface area contributed by atoms with Crippen molar-refractivity contribution in [3.05, 3.63) is 53.8 Å². The highest BCUT2D eigenvalue weighted by Crippen LogP contribution is 2.34. The molecule has 0 aliphatic rings. The Morgan fingerprint density at radius 3 is 2.33 bits per heavy atom. The topological polar surface area (TPSA) is 52.3 Å². The van der Waals surface area contributed by atoms with Crippen LogP contribution in [0.2, 0.25) is 0 Å². The Morgan fingerprint density at radius 1 is 1.10 bits per heavy atom. The highest BCUT2D eigenvalue weighted by atomic mass is 19.4. The number of amides is 1. The van der Waals surface area contributed by atoms with Crippen LogP contribution in [0.25, 0.3) is 11.1 Å². The van der Waals surface area contributed by atoms with Crippen LogP contribution in [0.5, 0.6) is 5.75 Å². The zero-order valence-electron chi connectivity index (χ0n) is 10.4. The standard InChI is InChI=1S/C14H9F4NO2/c15-11-7-8(5-6-10(11)13(19)20)9-3-1-2-4-12(9)21-14(16,17)18/h1-7H,(H2,19,20). The molecular formula is C14H9F4NO2. The van der Waals surface area contributed by atoms with Crippen molar-refractivity contribution in [1.29, 1.82) is 0 Å². The molecule has 2 N–H and O–H groups in total. The largest absolute Gasteiger partial charge is 0.573 e. The Bertz CT molecular complexity index is 683. The molecule has 0 spiro atoms. The van der Waals surface area contributed by atoms with Gasteiger partial charge in [0.25, 0.3) is 5.91 Å². The molecule has 0 atom stereocenters. The quantitative estimate of drug-likeness (QED) is 0.882. The van der Waals surface area contributed by atoms with Crippen LogP contribution < -0.4 is 10.5 Å². The van der Waals surface area contributed by atoms with Crippen LogP contribution in [-0.2, 0) is 0 Å². The molecule has 0 bridgehead atoms. The van der Waals surface area contributed by atoms with E-state index in [4.69, 9.17) is 5.73 Å². The van der Waals surface area contributed by atoms with Crippen LogP contribution in [0.3, 0.4) is 0 Å². The van der Waals surface area contributed by atoms with Crippen molar-refractivity contribution in [1.82, 2.24) is 0 Å². The first-order valence-corrected chi connectivity index (χ1v) is 5.72. The second kappa shape index (κ2) is 5.43. The summed E-state index contributed by atoms with van der Waals surface area (Å²) < 4.78 is 54.6. The second-order valence-electron chi connectivity index (χ2n) is 4.10. The molecule has 0 aromatic heterocycles. The van der Waals surface area contributed by atoms with Gasteiger partial charge in [0.2, 0.25) is 0 Å². The maximum absolute atomic E-state index is 13.7. The molecule has 0 fully saturated rings. The lowest BCUT2D eigenvalue weighted by Crippen LogP contribution is -2.17. The van der Waals surface area contributed by atoms with Crippen molar-refractivity contribution in [2.75, 3.05) is 0 Å². The number of nitrogens with two attached hydrogens (primary N) is 1. The van der Waals surface area contributed by atoms with Crippen molar-refractivity contribution in [2.45, 2.75) is 6.36 Å². The third kappa shape index (κ3) is 3.50. The van der Waals surface area contributed by atoms with Crippen LogP contribution in [0, 0.1) is 5.82 Å². The number of carbonyl (C=O) groups is 1. The molecule has 0 radical (unpaired) electrons. The average Bonchev–Trinajstić information content (AvgIpc) is 2.36. The lowest BCUT2D eigenvalue weighted by atomic mass is 10.0. The molecule has 0 saturated carbocycles. The van der Waals surface area contributed by atoms with Gasteiger partial charge in [-0.15, -0.1) is 13.2 Å². The number of para-hydroxylation sites is 1. The number of hydrogen-bond acceptors (Lipinski definition) is 2. The Hall–Kier alpha value is -2.57. The van der Waals surface area contributed by atoms with E-state index in [0.717, 1.165) is 18.2 Å². The lowest BCUT2D eigenvalue weighted by molar-refractivity contribution is -0.274. The molecule has 2 aromatic carbocycles. The summed E-state index contributed by atoms with van der Waals surface area (Å²) in [6.45, 7) is 0. The number of carbonyl (C=O) groups excluding carboxylic acids is 1. The van der Waals surface area contributed by atoms with E-state index in [-0.39, 0.29) is 16.7 Å². The van der Waals surface area contributed by atoms with E-state index in [2.05, 4.69) is 4.74 Å².